The predicted octanol–water partition coefficient (Wildman–Crippen LogP) is 3.44. The van der Waals surface area contributed by atoms with E-state index >= 15 is 0 Å². The SMILES string of the molecule is COCCSc1cc(Br)ccc1CNC1CC1. The van der Waals surface area contributed by atoms with Crippen molar-refractivity contribution >= 4 is 27.7 Å². The number of benzene rings is 1. The normalized spacial score (nSPS) is 15.2. The van der Waals surface area contributed by atoms with Gasteiger partial charge in [-0.1, -0.05) is 22.0 Å². The molecule has 0 aliphatic heterocycles. The Bertz CT molecular complexity index is 368. The molecule has 0 spiro atoms. The molecule has 0 bridgehead atoms. The van der Waals surface area contributed by atoms with E-state index in [4.69, 9.17) is 4.74 Å². The van der Waals surface area contributed by atoms with Crippen molar-refractivity contribution in [1.29, 1.82) is 0 Å². The summed E-state index contributed by atoms with van der Waals surface area (Å²) in [6.45, 7) is 1.78. The van der Waals surface area contributed by atoms with Crippen LogP contribution in [-0.4, -0.2) is 25.5 Å². The number of hydrogen-bond acceptors (Lipinski definition) is 3. The molecule has 1 fully saturated rings. The molecule has 1 saturated carbocycles. The number of methoxy groups -OCH3 is 1. The monoisotopic (exact) mass is 315 g/mol. The minimum atomic E-state index is 0.760. The minimum Gasteiger partial charge on any atom is -0.384 e. The molecule has 0 amide bonds. The Morgan fingerprint density at radius 2 is 2.29 bits per heavy atom. The maximum atomic E-state index is 5.09. The summed E-state index contributed by atoms with van der Waals surface area (Å²) in [6.07, 6.45) is 2.67. The van der Waals surface area contributed by atoms with Gasteiger partial charge in [0.15, 0.2) is 0 Å². The van der Waals surface area contributed by atoms with Crippen LogP contribution in [0.25, 0.3) is 0 Å². The average Bonchev–Trinajstić information content (AvgIpc) is 3.12. The molecule has 0 saturated heterocycles. The van der Waals surface area contributed by atoms with Gasteiger partial charge in [-0.15, -0.1) is 11.8 Å². The van der Waals surface area contributed by atoms with Gasteiger partial charge in [0.1, 0.15) is 0 Å². The van der Waals surface area contributed by atoms with Crippen LogP contribution in [0.15, 0.2) is 27.6 Å². The van der Waals surface area contributed by atoms with E-state index in [9.17, 15) is 0 Å². The third kappa shape index (κ3) is 4.62. The molecule has 4 heteroatoms. The van der Waals surface area contributed by atoms with Crippen molar-refractivity contribution in [3.05, 3.63) is 28.2 Å². The zero-order valence-electron chi connectivity index (χ0n) is 10.0. The topological polar surface area (TPSA) is 21.3 Å². The highest BCUT2D eigenvalue weighted by atomic mass is 79.9. The second-order valence-electron chi connectivity index (χ2n) is 4.25. The van der Waals surface area contributed by atoms with Gasteiger partial charge in [0.2, 0.25) is 0 Å². The molecule has 0 unspecified atom stereocenters. The molecule has 0 heterocycles. The van der Waals surface area contributed by atoms with Crippen LogP contribution in [0.3, 0.4) is 0 Å². The van der Waals surface area contributed by atoms with Crippen LogP contribution in [0.1, 0.15) is 18.4 Å². The Balaban J connectivity index is 1.95. The van der Waals surface area contributed by atoms with Crippen molar-refractivity contribution in [1.82, 2.24) is 5.32 Å². The standard InChI is InChI=1S/C13H18BrNOS/c1-16-6-7-17-13-8-11(14)3-2-10(13)9-15-12-4-5-12/h2-3,8,12,15H,4-7,9H2,1H3. The zero-order valence-corrected chi connectivity index (χ0v) is 12.4. The third-order valence-corrected chi connectivity index (χ3v) is 4.29. The van der Waals surface area contributed by atoms with Crippen molar-refractivity contribution in [3.8, 4) is 0 Å². The maximum Gasteiger partial charge on any atom is 0.0556 e. The number of rotatable bonds is 7. The summed E-state index contributed by atoms with van der Waals surface area (Å²) >= 11 is 5.40. The van der Waals surface area contributed by atoms with Crippen LogP contribution in [0.5, 0.6) is 0 Å². The molecule has 1 aromatic carbocycles. The Morgan fingerprint density at radius 3 is 3.00 bits per heavy atom. The first-order valence-corrected chi connectivity index (χ1v) is 7.71. The molecule has 1 N–H and O–H groups in total. The fraction of sp³-hybridized carbons (Fsp3) is 0.538. The van der Waals surface area contributed by atoms with E-state index in [1.165, 1.54) is 23.3 Å². The Labute approximate surface area is 116 Å². The third-order valence-electron chi connectivity index (χ3n) is 2.73. The fourth-order valence-corrected chi connectivity index (χ4v) is 3.10. The summed E-state index contributed by atoms with van der Waals surface area (Å²) in [5.41, 5.74) is 1.39. The lowest BCUT2D eigenvalue weighted by Crippen LogP contribution is -2.15. The first-order valence-electron chi connectivity index (χ1n) is 5.93. The predicted molar refractivity (Wildman–Crippen MR) is 76.6 cm³/mol. The quantitative estimate of drug-likeness (QED) is 0.615. The molecule has 17 heavy (non-hydrogen) atoms. The summed E-state index contributed by atoms with van der Waals surface area (Å²) in [4.78, 5) is 1.35. The molecule has 2 rings (SSSR count). The van der Waals surface area contributed by atoms with Crippen molar-refractivity contribution in [3.63, 3.8) is 0 Å². The Hall–Kier alpha value is -0.0300. The lowest BCUT2D eigenvalue weighted by Gasteiger charge is -2.10. The largest absolute Gasteiger partial charge is 0.384 e. The second kappa shape index (κ2) is 6.78. The second-order valence-corrected chi connectivity index (χ2v) is 6.30. The summed E-state index contributed by atoms with van der Waals surface area (Å²) < 4.78 is 6.24. The number of ether oxygens (including phenoxy) is 1. The molecular weight excluding hydrogens is 298 g/mol. The molecule has 94 valence electrons. The Kier molecular flexibility index (Phi) is 5.35. The lowest BCUT2D eigenvalue weighted by molar-refractivity contribution is 0.218. The summed E-state index contributed by atoms with van der Waals surface area (Å²) in [5, 5.41) is 3.56. The number of hydrogen-bond donors (Lipinski definition) is 1. The van der Waals surface area contributed by atoms with Gasteiger partial charge in [0, 0.05) is 34.8 Å². The highest BCUT2D eigenvalue weighted by Crippen LogP contribution is 2.27. The van der Waals surface area contributed by atoms with E-state index in [2.05, 4.69) is 39.4 Å². The van der Waals surface area contributed by atoms with Crippen molar-refractivity contribution in [2.45, 2.75) is 30.3 Å². The highest BCUT2D eigenvalue weighted by Gasteiger charge is 2.20. The van der Waals surface area contributed by atoms with Gasteiger partial charge in [-0.3, -0.25) is 0 Å². The molecule has 1 aromatic rings. The lowest BCUT2D eigenvalue weighted by atomic mass is 10.2. The van der Waals surface area contributed by atoms with Gasteiger partial charge >= 0.3 is 0 Å². The van der Waals surface area contributed by atoms with Crippen LogP contribution in [0.2, 0.25) is 0 Å². The van der Waals surface area contributed by atoms with Gasteiger partial charge in [-0.25, -0.2) is 0 Å². The van der Waals surface area contributed by atoms with Crippen LogP contribution in [-0.2, 0) is 11.3 Å². The maximum absolute atomic E-state index is 5.09. The van der Waals surface area contributed by atoms with E-state index in [1.807, 2.05) is 11.8 Å². The summed E-state index contributed by atoms with van der Waals surface area (Å²) in [6, 6.07) is 7.28. The van der Waals surface area contributed by atoms with E-state index < -0.39 is 0 Å². The summed E-state index contributed by atoms with van der Waals surface area (Å²) in [7, 11) is 1.75. The van der Waals surface area contributed by atoms with Gasteiger partial charge in [0.05, 0.1) is 6.61 Å². The summed E-state index contributed by atoms with van der Waals surface area (Å²) in [5.74, 6) is 1.00. The average molecular weight is 316 g/mol. The van der Waals surface area contributed by atoms with Gasteiger partial charge in [-0.05, 0) is 30.5 Å². The molecule has 0 atom stereocenters. The van der Waals surface area contributed by atoms with E-state index in [1.54, 1.807) is 7.11 Å². The minimum absolute atomic E-state index is 0.760. The van der Waals surface area contributed by atoms with Crippen molar-refractivity contribution < 1.29 is 4.74 Å². The molecule has 0 radical (unpaired) electrons. The van der Waals surface area contributed by atoms with E-state index in [0.717, 1.165) is 29.4 Å². The smallest absolute Gasteiger partial charge is 0.0556 e. The highest BCUT2D eigenvalue weighted by molar-refractivity contribution is 9.10. The van der Waals surface area contributed by atoms with Gasteiger partial charge in [-0.2, -0.15) is 0 Å². The van der Waals surface area contributed by atoms with E-state index in [-0.39, 0.29) is 0 Å². The number of halogens is 1. The first-order chi connectivity index (χ1) is 8.29. The molecule has 1 aliphatic rings. The van der Waals surface area contributed by atoms with Crippen LogP contribution in [0.4, 0.5) is 0 Å². The first kappa shape index (κ1) is 13.4. The van der Waals surface area contributed by atoms with Crippen LogP contribution < -0.4 is 5.32 Å². The van der Waals surface area contributed by atoms with Gasteiger partial charge < -0.3 is 10.1 Å². The molecule has 2 nitrogen and oxygen atoms in total. The molecule has 0 aromatic heterocycles. The molecular formula is C13H18BrNOS. The van der Waals surface area contributed by atoms with Gasteiger partial charge in [0.25, 0.3) is 0 Å². The van der Waals surface area contributed by atoms with Crippen LogP contribution in [0, 0.1) is 0 Å². The Morgan fingerprint density at radius 1 is 1.47 bits per heavy atom. The molecule has 1 aliphatic carbocycles. The number of thioether (sulfide) groups is 1. The van der Waals surface area contributed by atoms with Crippen LogP contribution >= 0.6 is 27.7 Å². The van der Waals surface area contributed by atoms with Crippen molar-refractivity contribution in [2.24, 2.45) is 0 Å². The number of nitrogens with one attached hydrogen (secondary N) is 1. The van der Waals surface area contributed by atoms with Crippen molar-refractivity contribution in [2.75, 3.05) is 19.5 Å². The van der Waals surface area contributed by atoms with E-state index in [0.29, 0.717) is 0 Å². The zero-order chi connectivity index (χ0) is 12.1. The fourth-order valence-electron chi connectivity index (χ4n) is 1.59.